The largest absolute Gasteiger partial charge is 0.508 e. The molecule has 0 radical (unpaired) electrons. The first kappa shape index (κ1) is 24.7. The molecule has 11 heteroatoms. The van der Waals surface area contributed by atoms with Crippen LogP contribution in [0.25, 0.3) is 11.2 Å². The number of imidazole rings is 1. The topological polar surface area (TPSA) is 136 Å². The number of aromatic nitrogens is 4. The number of aryl methyl sites for hydroxylation is 2. The van der Waals surface area contributed by atoms with E-state index in [4.69, 9.17) is 4.74 Å². The van der Waals surface area contributed by atoms with E-state index in [0.29, 0.717) is 11.5 Å². The molecule has 188 valence electrons. The maximum absolute atomic E-state index is 13.0. The third kappa shape index (κ3) is 4.86. The third-order valence-electron chi connectivity index (χ3n) is 5.87. The van der Waals surface area contributed by atoms with Gasteiger partial charge in [-0.05, 0) is 55.3 Å². The Labute approximate surface area is 206 Å². The molecular formula is C25H28N6O5. The van der Waals surface area contributed by atoms with E-state index in [1.165, 1.54) is 23.2 Å². The van der Waals surface area contributed by atoms with Gasteiger partial charge < -0.3 is 19.5 Å². The number of hydrogen-bond acceptors (Lipinski definition) is 8. The second-order valence-electron chi connectivity index (χ2n) is 8.51. The van der Waals surface area contributed by atoms with Gasteiger partial charge >= 0.3 is 5.69 Å². The summed E-state index contributed by atoms with van der Waals surface area (Å²) in [5, 5.41) is 24.7. The number of phenolic OH excluding ortho intramolecular Hbond substituents is 1. The van der Waals surface area contributed by atoms with E-state index in [9.17, 15) is 19.8 Å². The predicted molar refractivity (Wildman–Crippen MR) is 137 cm³/mol. The number of rotatable bonds is 8. The van der Waals surface area contributed by atoms with Gasteiger partial charge in [0, 0.05) is 14.1 Å². The number of anilines is 1. The number of phenols is 1. The van der Waals surface area contributed by atoms with Crippen LogP contribution in [0.4, 0.5) is 5.95 Å². The number of ether oxygens (including phenoxy) is 1. The zero-order valence-corrected chi connectivity index (χ0v) is 20.5. The van der Waals surface area contributed by atoms with Crippen LogP contribution in [0, 0.1) is 6.92 Å². The molecule has 0 saturated heterocycles. The van der Waals surface area contributed by atoms with E-state index in [1.54, 1.807) is 31.2 Å². The molecule has 0 fully saturated rings. The first-order chi connectivity index (χ1) is 17.2. The minimum atomic E-state index is -0.994. The lowest BCUT2D eigenvalue weighted by Gasteiger charge is -2.16. The standard InChI is InChI=1S/C25H28N6O5/c1-15-7-5-6-8-20(15)36-14-19(33)13-31-21-22(29(3)25(35)30(4)23(21)34)26-24(31)28-27-16(2)17-9-11-18(32)12-10-17/h5-12,19,32-33H,13-14H2,1-4H3,(H,26,28)/b27-16+/t19-/m0/s1. The van der Waals surface area contributed by atoms with Crippen LogP contribution in [0.3, 0.4) is 0 Å². The maximum atomic E-state index is 13.0. The van der Waals surface area contributed by atoms with E-state index in [0.717, 1.165) is 15.7 Å². The van der Waals surface area contributed by atoms with Gasteiger partial charge in [0.15, 0.2) is 11.2 Å². The molecular weight excluding hydrogens is 464 g/mol. The van der Waals surface area contributed by atoms with Crippen LogP contribution in [0.15, 0.2) is 63.2 Å². The number of hydrazone groups is 1. The maximum Gasteiger partial charge on any atom is 0.332 e. The number of aliphatic hydroxyl groups excluding tert-OH is 1. The summed E-state index contributed by atoms with van der Waals surface area (Å²) in [5.74, 6) is 0.967. The van der Waals surface area contributed by atoms with Crippen LogP contribution < -0.4 is 21.4 Å². The van der Waals surface area contributed by atoms with Crippen molar-refractivity contribution in [3.63, 3.8) is 0 Å². The molecule has 3 N–H and O–H groups in total. The molecule has 0 unspecified atom stereocenters. The first-order valence-corrected chi connectivity index (χ1v) is 11.3. The van der Waals surface area contributed by atoms with Crippen molar-refractivity contribution in [1.29, 1.82) is 0 Å². The minimum Gasteiger partial charge on any atom is -0.508 e. The summed E-state index contributed by atoms with van der Waals surface area (Å²) >= 11 is 0. The fourth-order valence-corrected chi connectivity index (χ4v) is 3.78. The highest BCUT2D eigenvalue weighted by Crippen LogP contribution is 2.19. The van der Waals surface area contributed by atoms with Gasteiger partial charge in [-0.3, -0.25) is 13.9 Å². The Morgan fingerprint density at radius 2 is 1.81 bits per heavy atom. The highest BCUT2D eigenvalue weighted by molar-refractivity contribution is 5.99. The normalized spacial score (nSPS) is 12.6. The molecule has 2 aromatic heterocycles. The van der Waals surface area contributed by atoms with Crippen molar-refractivity contribution in [2.24, 2.45) is 19.2 Å². The van der Waals surface area contributed by atoms with Crippen LogP contribution in [-0.4, -0.2) is 47.3 Å². The van der Waals surface area contributed by atoms with E-state index in [1.807, 2.05) is 31.2 Å². The summed E-state index contributed by atoms with van der Waals surface area (Å²) in [5.41, 5.74) is 4.40. The molecule has 0 aliphatic carbocycles. The molecule has 0 aliphatic heterocycles. The average Bonchev–Trinajstić information content (AvgIpc) is 3.22. The molecule has 0 spiro atoms. The van der Waals surface area contributed by atoms with Gasteiger partial charge in [0.2, 0.25) is 5.95 Å². The molecule has 4 aromatic rings. The van der Waals surface area contributed by atoms with E-state index >= 15 is 0 Å². The van der Waals surface area contributed by atoms with Gasteiger partial charge in [0.05, 0.1) is 12.3 Å². The average molecular weight is 493 g/mol. The summed E-state index contributed by atoms with van der Waals surface area (Å²) in [7, 11) is 2.91. The van der Waals surface area contributed by atoms with Crippen molar-refractivity contribution in [3.8, 4) is 11.5 Å². The Balaban J connectivity index is 1.69. The Morgan fingerprint density at radius 3 is 2.50 bits per heavy atom. The van der Waals surface area contributed by atoms with Gasteiger partial charge in [-0.1, -0.05) is 18.2 Å². The molecule has 2 aromatic carbocycles. The summed E-state index contributed by atoms with van der Waals surface area (Å²) in [6, 6.07) is 14.0. The fourth-order valence-electron chi connectivity index (χ4n) is 3.78. The van der Waals surface area contributed by atoms with Gasteiger partial charge in [-0.2, -0.15) is 10.1 Å². The fraction of sp³-hybridized carbons (Fsp3) is 0.280. The molecule has 0 amide bonds. The monoisotopic (exact) mass is 492 g/mol. The van der Waals surface area contributed by atoms with Crippen molar-refractivity contribution in [2.45, 2.75) is 26.5 Å². The predicted octanol–water partition coefficient (Wildman–Crippen LogP) is 1.72. The van der Waals surface area contributed by atoms with E-state index < -0.39 is 17.4 Å². The number of hydrogen-bond donors (Lipinski definition) is 3. The SMILES string of the molecule is C/C(=N\Nc1nc2c(c(=O)n(C)c(=O)n2C)n1C[C@H](O)COc1ccccc1C)c1ccc(O)cc1. The molecule has 36 heavy (non-hydrogen) atoms. The van der Waals surface area contributed by atoms with Crippen LogP contribution in [0.5, 0.6) is 11.5 Å². The molecule has 1 atom stereocenters. The zero-order valence-electron chi connectivity index (χ0n) is 20.5. The van der Waals surface area contributed by atoms with Crippen molar-refractivity contribution in [2.75, 3.05) is 12.0 Å². The van der Waals surface area contributed by atoms with Gasteiger partial charge in [0.25, 0.3) is 5.56 Å². The summed E-state index contributed by atoms with van der Waals surface area (Å²) in [4.78, 5) is 29.9. The molecule has 0 aliphatic rings. The number of nitrogens with zero attached hydrogens (tertiary/aromatic N) is 5. The van der Waals surface area contributed by atoms with Crippen molar-refractivity contribution in [3.05, 3.63) is 80.5 Å². The smallest absolute Gasteiger partial charge is 0.332 e. The van der Waals surface area contributed by atoms with Gasteiger partial charge in [0.1, 0.15) is 24.2 Å². The number of aromatic hydroxyl groups is 1. The number of nitrogens with one attached hydrogen (secondary N) is 1. The molecule has 4 rings (SSSR count). The highest BCUT2D eigenvalue weighted by atomic mass is 16.5. The van der Waals surface area contributed by atoms with Crippen molar-refractivity contribution < 1.29 is 14.9 Å². The summed E-state index contributed by atoms with van der Waals surface area (Å²) in [6.07, 6.45) is -0.994. The van der Waals surface area contributed by atoms with Crippen molar-refractivity contribution >= 4 is 22.8 Å². The zero-order chi connectivity index (χ0) is 26.0. The Kier molecular flexibility index (Phi) is 6.93. The first-order valence-electron chi connectivity index (χ1n) is 11.3. The Bertz CT molecular complexity index is 1550. The lowest BCUT2D eigenvalue weighted by Crippen LogP contribution is -2.38. The van der Waals surface area contributed by atoms with Crippen molar-refractivity contribution in [1.82, 2.24) is 18.7 Å². The minimum absolute atomic E-state index is 0.0220. The number of fused-ring (bicyclic) bond motifs is 1. The summed E-state index contributed by atoms with van der Waals surface area (Å²) in [6.45, 7) is 3.62. The van der Waals surface area contributed by atoms with E-state index in [2.05, 4.69) is 15.5 Å². The number of aliphatic hydroxyl groups is 1. The van der Waals surface area contributed by atoms with Crippen LogP contribution in [0.2, 0.25) is 0 Å². The second-order valence-corrected chi connectivity index (χ2v) is 8.51. The van der Waals surface area contributed by atoms with E-state index in [-0.39, 0.29) is 36.0 Å². The number of benzene rings is 2. The number of para-hydroxylation sites is 1. The van der Waals surface area contributed by atoms with Gasteiger partial charge in [-0.15, -0.1) is 0 Å². The summed E-state index contributed by atoms with van der Waals surface area (Å²) < 4.78 is 9.53. The molecule has 2 heterocycles. The van der Waals surface area contributed by atoms with Crippen LogP contribution >= 0.6 is 0 Å². The van der Waals surface area contributed by atoms with Crippen LogP contribution in [0.1, 0.15) is 18.1 Å². The molecule has 0 bridgehead atoms. The Hall–Kier alpha value is -4.38. The Morgan fingerprint density at radius 1 is 1.11 bits per heavy atom. The van der Waals surface area contributed by atoms with Gasteiger partial charge in [-0.25, -0.2) is 10.2 Å². The molecule has 11 nitrogen and oxygen atoms in total. The lowest BCUT2D eigenvalue weighted by atomic mass is 10.1. The quantitative estimate of drug-likeness (QED) is 0.252. The molecule has 0 saturated carbocycles. The van der Waals surface area contributed by atoms with Crippen LogP contribution in [-0.2, 0) is 20.6 Å². The third-order valence-corrected chi connectivity index (χ3v) is 5.87. The highest BCUT2D eigenvalue weighted by Gasteiger charge is 2.21. The second kappa shape index (κ2) is 10.1. The lowest BCUT2D eigenvalue weighted by molar-refractivity contribution is 0.0935.